The minimum atomic E-state index is -0.984. The van der Waals surface area contributed by atoms with Gasteiger partial charge in [0, 0.05) is 24.0 Å². The lowest BCUT2D eigenvalue weighted by Gasteiger charge is -2.40. The molecule has 1 N–H and O–H groups in total. The smallest absolute Gasteiger partial charge is 0.250 e. The van der Waals surface area contributed by atoms with Crippen molar-refractivity contribution in [2.24, 2.45) is 0 Å². The molecule has 0 saturated heterocycles. The van der Waals surface area contributed by atoms with Crippen LogP contribution in [-0.4, -0.2) is 52.2 Å². The summed E-state index contributed by atoms with van der Waals surface area (Å²) in [5, 5.41) is 3.62. The zero-order chi connectivity index (χ0) is 27.1. The molecule has 3 aromatic rings. The van der Waals surface area contributed by atoms with E-state index in [9.17, 15) is 9.59 Å². The topological polar surface area (TPSA) is 93.7 Å². The van der Waals surface area contributed by atoms with Gasteiger partial charge in [-0.05, 0) is 50.5 Å². The molecule has 8 nitrogen and oxygen atoms in total. The Hall–Kier alpha value is -3.59. The summed E-state index contributed by atoms with van der Waals surface area (Å²) in [5.41, 5.74) is 2.23. The second kappa shape index (κ2) is 12.3. The van der Waals surface area contributed by atoms with E-state index in [1.807, 2.05) is 50.2 Å². The summed E-state index contributed by atoms with van der Waals surface area (Å²) in [5.74, 6) is 0.920. The number of methoxy groups -OCH3 is 2. The molecule has 1 heterocycles. The molecule has 0 spiro atoms. The lowest BCUT2D eigenvalue weighted by molar-refractivity contribution is -0.144. The van der Waals surface area contributed by atoms with E-state index in [0.29, 0.717) is 41.7 Å². The molecular formula is C29H34N4O4S. The van der Waals surface area contributed by atoms with Crippen LogP contribution in [0.25, 0.3) is 0 Å². The van der Waals surface area contributed by atoms with Crippen LogP contribution in [-0.2, 0) is 16.1 Å². The van der Waals surface area contributed by atoms with Crippen molar-refractivity contribution in [2.45, 2.75) is 56.8 Å². The van der Waals surface area contributed by atoms with Crippen LogP contribution in [0.2, 0.25) is 0 Å². The summed E-state index contributed by atoms with van der Waals surface area (Å²) in [4.78, 5) is 38.6. The number of benzene rings is 2. The van der Waals surface area contributed by atoms with Crippen LogP contribution in [0.5, 0.6) is 11.5 Å². The summed E-state index contributed by atoms with van der Waals surface area (Å²) in [6.45, 7) is 4.16. The van der Waals surface area contributed by atoms with Crippen molar-refractivity contribution in [2.75, 3.05) is 25.3 Å². The highest BCUT2D eigenvalue weighted by atomic mass is 32.2. The fourth-order valence-corrected chi connectivity index (χ4v) is 5.75. The molecule has 2 aromatic carbocycles. The van der Waals surface area contributed by atoms with Crippen LogP contribution < -0.4 is 14.8 Å². The highest BCUT2D eigenvalue weighted by Crippen LogP contribution is 2.39. The van der Waals surface area contributed by atoms with Gasteiger partial charge in [0.15, 0.2) is 5.16 Å². The van der Waals surface area contributed by atoms with Crippen molar-refractivity contribution >= 4 is 29.3 Å². The summed E-state index contributed by atoms with van der Waals surface area (Å²) in [7, 11) is 3.13. The standard InChI is InChI=1S/C29H34N4O4S/c1-20-16-21(2)31-28(30-20)38-19-26(34)33(18-22-10-6-5-7-11-22)29(14-8-9-15-29)27(35)32-24-13-12-23(36-3)17-25(24)37-4/h5-7,10-13,16-17H,8-9,14-15,18-19H2,1-4H3,(H,32,35). The highest BCUT2D eigenvalue weighted by molar-refractivity contribution is 7.99. The van der Waals surface area contributed by atoms with Crippen molar-refractivity contribution in [3.05, 3.63) is 71.5 Å². The number of rotatable bonds is 10. The number of carbonyl (C=O) groups excluding carboxylic acids is 2. The second-order valence-corrected chi connectivity index (χ2v) is 10.4. The van der Waals surface area contributed by atoms with Gasteiger partial charge in [0.25, 0.3) is 0 Å². The number of nitrogens with one attached hydrogen (secondary N) is 1. The lowest BCUT2D eigenvalue weighted by atomic mass is 9.92. The first-order valence-electron chi connectivity index (χ1n) is 12.7. The Bertz CT molecular complexity index is 1260. The van der Waals surface area contributed by atoms with Crippen molar-refractivity contribution < 1.29 is 19.1 Å². The number of anilines is 1. The third kappa shape index (κ3) is 6.27. The average molecular weight is 535 g/mol. The molecule has 200 valence electrons. The Balaban J connectivity index is 1.64. The molecule has 0 bridgehead atoms. The number of carbonyl (C=O) groups is 2. The van der Waals surface area contributed by atoms with Crippen LogP contribution in [0.15, 0.2) is 59.8 Å². The quantitative estimate of drug-likeness (QED) is 0.283. The molecule has 0 atom stereocenters. The molecule has 1 aliphatic carbocycles. The Kier molecular flexibility index (Phi) is 8.89. The monoisotopic (exact) mass is 534 g/mol. The molecule has 38 heavy (non-hydrogen) atoms. The summed E-state index contributed by atoms with van der Waals surface area (Å²) in [6, 6.07) is 16.9. The number of amides is 2. The molecular weight excluding hydrogens is 500 g/mol. The second-order valence-electron chi connectivity index (χ2n) is 9.45. The first kappa shape index (κ1) is 27.4. The number of aromatic nitrogens is 2. The molecule has 2 amide bonds. The van der Waals surface area contributed by atoms with E-state index < -0.39 is 5.54 Å². The largest absolute Gasteiger partial charge is 0.497 e. The third-order valence-electron chi connectivity index (χ3n) is 6.80. The summed E-state index contributed by atoms with van der Waals surface area (Å²) in [6.07, 6.45) is 2.89. The van der Waals surface area contributed by atoms with E-state index in [0.717, 1.165) is 29.8 Å². The van der Waals surface area contributed by atoms with Crippen LogP contribution >= 0.6 is 11.8 Å². The van der Waals surface area contributed by atoms with Gasteiger partial charge >= 0.3 is 0 Å². The van der Waals surface area contributed by atoms with Gasteiger partial charge in [-0.3, -0.25) is 9.59 Å². The molecule has 4 rings (SSSR count). The van der Waals surface area contributed by atoms with Crippen LogP contribution in [0.3, 0.4) is 0 Å². The molecule has 1 fully saturated rings. The lowest BCUT2D eigenvalue weighted by Crippen LogP contribution is -2.57. The predicted octanol–water partition coefficient (Wildman–Crippen LogP) is 5.18. The van der Waals surface area contributed by atoms with E-state index in [-0.39, 0.29) is 17.6 Å². The third-order valence-corrected chi connectivity index (χ3v) is 7.63. The van der Waals surface area contributed by atoms with Crippen LogP contribution in [0.1, 0.15) is 42.6 Å². The zero-order valence-corrected chi connectivity index (χ0v) is 23.1. The van der Waals surface area contributed by atoms with E-state index in [1.165, 1.54) is 11.8 Å². The van der Waals surface area contributed by atoms with Gasteiger partial charge in [0.05, 0.1) is 25.7 Å². The maximum Gasteiger partial charge on any atom is 0.250 e. The Morgan fingerprint density at radius 3 is 2.29 bits per heavy atom. The average Bonchev–Trinajstić information content (AvgIpc) is 3.42. The Morgan fingerprint density at radius 1 is 0.974 bits per heavy atom. The highest BCUT2D eigenvalue weighted by Gasteiger charge is 2.48. The number of aryl methyl sites for hydroxylation is 2. The number of nitrogens with zero attached hydrogens (tertiary/aromatic N) is 3. The minimum Gasteiger partial charge on any atom is -0.497 e. The number of hydrogen-bond donors (Lipinski definition) is 1. The van der Waals surface area contributed by atoms with E-state index in [4.69, 9.17) is 9.47 Å². The molecule has 1 saturated carbocycles. The van der Waals surface area contributed by atoms with Crippen molar-refractivity contribution in [3.63, 3.8) is 0 Å². The first-order valence-corrected chi connectivity index (χ1v) is 13.7. The maximum atomic E-state index is 14.0. The summed E-state index contributed by atoms with van der Waals surface area (Å²) < 4.78 is 10.8. The van der Waals surface area contributed by atoms with Gasteiger partial charge in [0.2, 0.25) is 11.8 Å². The number of ether oxygens (including phenoxy) is 2. The van der Waals surface area contributed by atoms with Gasteiger partial charge in [0.1, 0.15) is 17.0 Å². The number of thioether (sulfide) groups is 1. The van der Waals surface area contributed by atoms with Crippen molar-refractivity contribution in [3.8, 4) is 11.5 Å². The van der Waals surface area contributed by atoms with Crippen molar-refractivity contribution in [1.82, 2.24) is 14.9 Å². The minimum absolute atomic E-state index is 0.125. The zero-order valence-electron chi connectivity index (χ0n) is 22.3. The summed E-state index contributed by atoms with van der Waals surface area (Å²) >= 11 is 1.30. The van der Waals surface area contributed by atoms with E-state index in [2.05, 4.69) is 15.3 Å². The SMILES string of the molecule is COc1ccc(NC(=O)C2(N(Cc3ccccc3)C(=O)CSc3nc(C)cc(C)n3)CCCC2)c(OC)c1. The van der Waals surface area contributed by atoms with Gasteiger partial charge in [-0.15, -0.1) is 0 Å². The molecule has 1 aliphatic rings. The Labute approximate surface area is 228 Å². The van der Waals surface area contributed by atoms with E-state index in [1.54, 1.807) is 37.3 Å². The van der Waals surface area contributed by atoms with E-state index >= 15 is 0 Å². The van der Waals surface area contributed by atoms with Crippen LogP contribution in [0, 0.1) is 13.8 Å². The fourth-order valence-electron chi connectivity index (χ4n) is 4.93. The molecule has 0 unspecified atom stereocenters. The van der Waals surface area contributed by atoms with Crippen molar-refractivity contribution in [1.29, 1.82) is 0 Å². The molecule has 9 heteroatoms. The molecule has 0 radical (unpaired) electrons. The molecule has 1 aromatic heterocycles. The van der Waals surface area contributed by atoms with Gasteiger partial charge in [-0.1, -0.05) is 54.9 Å². The predicted molar refractivity (Wildman–Crippen MR) is 149 cm³/mol. The first-order chi connectivity index (χ1) is 18.3. The normalized spacial score (nSPS) is 14.1. The maximum absolute atomic E-state index is 14.0. The Morgan fingerprint density at radius 2 is 1.66 bits per heavy atom. The molecule has 0 aliphatic heterocycles. The van der Waals surface area contributed by atoms with Gasteiger partial charge in [-0.25, -0.2) is 9.97 Å². The van der Waals surface area contributed by atoms with Crippen LogP contribution in [0.4, 0.5) is 5.69 Å². The fraction of sp³-hybridized carbons (Fsp3) is 0.379. The van der Waals surface area contributed by atoms with Gasteiger partial charge < -0.3 is 19.7 Å². The van der Waals surface area contributed by atoms with Gasteiger partial charge in [-0.2, -0.15) is 0 Å². The number of hydrogen-bond acceptors (Lipinski definition) is 7.